The first-order chi connectivity index (χ1) is 10.5. The van der Waals surface area contributed by atoms with Crippen molar-refractivity contribution in [3.8, 4) is 0 Å². The quantitative estimate of drug-likeness (QED) is 0.676. The van der Waals surface area contributed by atoms with E-state index in [0.29, 0.717) is 25.9 Å². The molecule has 0 saturated carbocycles. The van der Waals surface area contributed by atoms with Crippen molar-refractivity contribution in [1.29, 1.82) is 0 Å². The van der Waals surface area contributed by atoms with Crippen LogP contribution in [0.25, 0.3) is 0 Å². The Hall–Kier alpha value is -2.44. The lowest BCUT2D eigenvalue weighted by atomic mass is 10.2. The molecule has 0 fully saturated rings. The van der Waals surface area contributed by atoms with Gasteiger partial charge < -0.3 is 25.8 Å². The highest BCUT2D eigenvalue weighted by Crippen LogP contribution is 2.16. The van der Waals surface area contributed by atoms with Crippen molar-refractivity contribution in [1.82, 2.24) is 0 Å². The lowest BCUT2D eigenvalue weighted by Gasteiger charge is -2.25. The number of aryl methyl sites for hydroxylation is 1. The first-order valence-electron chi connectivity index (χ1n) is 7.15. The zero-order chi connectivity index (χ0) is 16.4. The van der Waals surface area contributed by atoms with Gasteiger partial charge in [0.2, 0.25) is 0 Å². The standard InChI is InChI=1S/C15H23N3O4/c1-12-4-6-13(7-5-12)18(8-2-10-21-14(16)19)9-3-11-22-15(17)20/h4-7H,2-3,8-11H2,1H3,(H2,16,19)(H2,17,20). The Kier molecular flexibility index (Phi) is 7.60. The predicted octanol–water partition coefficient (Wildman–Crippen LogP) is 1.77. The maximum Gasteiger partial charge on any atom is 0.404 e. The summed E-state index contributed by atoms with van der Waals surface area (Å²) in [7, 11) is 0. The molecule has 7 heteroatoms. The number of nitrogens with two attached hydrogens (primary N) is 2. The number of benzene rings is 1. The lowest BCUT2D eigenvalue weighted by molar-refractivity contribution is 0.155. The van der Waals surface area contributed by atoms with E-state index in [9.17, 15) is 9.59 Å². The smallest absolute Gasteiger partial charge is 0.404 e. The van der Waals surface area contributed by atoms with E-state index < -0.39 is 12.2 Å². The zero-order valence-electron chi connectivity index (χ0n) is 12.8. The molecule has 0 saturated heterocycles. The Morgan fingerprint density at radius 1 is 0.955 bits per heavy atom. The van der Waals surface area contributed by atoms with Crippen LogP contribution in [0.4, 0.5) is 15.3 Å². The van der Waals surface area contributed by atoms with Crippen molar-refractivity contribution < 1.29 is 19.1 Å². The summed E-state index contributed by atoms with van der Waals surface area (Å²) in [6.07, 6.45) is -0.213. The number of hydrogen-bond donors (Lipinski definition) is 2. The molecule has 4 N–H and O–H groups in total. The van der Waals surface area contributed by atoms with E-state index in [4.69, 9.17) is 20.9 Å². The van der Waals surface area contributed by atoms with Crippen LogP contribution in [0.1, 0.15) is 18.4 Å². The number of nitrogens with zero attached hydrogens (tertiary/aromatic N) is 1. The number of primary amides is 2. The third-order valence-electron chi connectivity index (χ3n) is 3.03. The minimum atomic E-state index is -0.767. The highest BCUT2D eigenvalue weighted by atomic mass is 16.5. The van der Waals surface area contributed by atoms with Crippen LogP contribution >= 0.6 is 0 Å². The van der Waals surface area contributed by atoms with Gasteiger partial charge in [0.15, 0.2) is 0 Å². The molecule has 2 amide bonds. The van der Waals surface area contributed by atoms with Crippen molar-refractivity contribution in [2.75, 3.05) is 31.2 Å². The van der Waals surface area contributed by atoms with Crippen molar-refractivity contribution in [3.63, 3.8) is 0 Å². The lowest BCUT2D eigenvalue weighted by Crippen LogP contribution is -2.28. The molecule has 0 aliphatic rings. The van der Waals surface area contributed by atoms with Crippen molar-refractivity contribution in [3.05, 3.63) is 29.8 Å². The van der Waals surface area contributed by atoms with Gasteiger partial charge in [0, 0.05) is 18.8 Å². The summed E-state index contributed by atoms with van der Waals surface area (Å²) < 4.78 is 9.46. The first-order valence-corrected chi connectivity index (χ1v) is 7.15. The van der Waals surface area contributed by atoms with Crippen molar-refractivity contribution in [2.24, 2.45) is 11.5 Å². The van der Waals surface area contributed by atoms with Crippen molar-refractivity contribution in [2.45, 2.75) is 19.8 Å². The molecule has 0 heterocycles. The molecule has 0 atom stereocenters. The third kappa shape index (κ3) is 7.37. The normalized spacial score (nSPS) is 10.0. The number of rotatable bonds is 9. The van der Waals surface area contributed by atoms with E-state index in [1.165, 1.54) is 5.56 Å². The second-order valence-electron chi connectivity index (χ2n) is 4.86. The van der Waals surface area contributed by atoms with Crippen LogP contribution < -0.4 is 16.4 Å². The molecule has 0 bridgehead atoms. The fourth-order valence-corrected chi connectivity index (χ4v) is 1.98. The zero-order valence-corrected chi connectivity index (χ0v) is 12.8. The second kappa shape index (κ2) is 9.49. The van der Waals surface area contributed by atoms with E-state index in [1.807, 2.05) is 31.2 Å². The molecular weight excluding hydrogens is 286 g/mol. The molecule has 22 heavy (non-hydrogen) atoms. The molecule has 0 aliphatic heterocycles. The van der Waals surface area contributed by atoms with Crippen LogP contribution in [-0.2, 0) is 9.47 Å². The molecule has 7 nitrogen and oxygen atoms in total. The largest absolute Gasteiger partial charge is 0.450 e. The topological polar surface area (TPSA) is 108 Å². The van der Waals surface area contributed by atoms with Crippen LogP contribution in [-0.4, -0.2) is 38.5 Å². The molecule has 0 radical (unpaired) electrons. The second-order valence-corrected chi connectivity index (χ2v) is 4.86. The van der Waals surface area contributed by atoms with Crippen molar-refractivity contribution >= 4 is 17.9 Å². The average molecular weight is 309 g/mol. The van der Waals surface area contributed by atoms with Gasteiger partial charge in [0.05, 0.1) is 13.2 Å². The van der Waals surface area contributed by atoms with Crippen LogP contribution in [0.2, 0.25) is 0 Å². The van der Waals surface area contributed by atoms with Gasteiger partial charge >= 0.3 is 12.2 Å². The first kappa shape index (κ1) is 17.6. The molecule has 0 aliphatic carbocycles. The summed E-state index contributed by atoms with van der Waals surface area (Å²) in [4.78, 5) is 23.2. The van der Waals surface area contributed by atoms with E-state index in [2.05, 4.69) is 4.90 Å². The Balaban J connectivity index is 2.50. The Morgan fingerprint density at radius 2 is 1.41 bits per heavy atom. The molecule has 0 unspecified atom stereocenters. The molecule has 1 aromatic carbocycles. The summed E-state index contributed by atoms with van der Waals surface area (Å²) in [5.74, 6) is 0. The van der Waals surface area contributed by atoms with Gasteiger partial charge in [-0.15, -0.1) is 0 Å². The number of carbonyl (C=O) groups excluding carboxylic acids is 2. The van der Waals surface area contributed by atoms with Gasteiger partial charge in [0.25, 0.3) is 0 Å². The molecule has 1 rings (SSSR count). The summed E-state index contributed by atoms with van der Waals surface area (Å²) in [6.45, 7) is 3.97. The SMILES string of the molecule is Cc1ccc(N(CCCOC(N)=O)CCCOC(N)=O)cc1. The summed E-state index contributed by atoms with van der Waals surface area (Å²) in [6, 6.07) is 8.11. The number of ether oxygens (including phenoxy) is 2. The number of amides is 2. The molecular formula is C15H23N3O4. The van der Waals surface area contributed by atoms with Gasteiger partial charge in [-0.1, -0.05) is 17.7 Å². The molecule has 1 aromatic rings. The summed E-state index contributed by atoms with van der Waals surface area (Å²) in [5, 5.41) is 0. The van der Waals surface area contributed by atoms with Crippen LogP contribution in [0, 0.1) is 6.92 Å². The van der Waals surface area contributed by atoms with E-state index in [-0.39, 0.29) is 13.2 Å². The number of hydrogen-bond acceptors (Lipinski definition) is 5. The van der Waals surface area contributed by atoms with Gasteiger partial charge in [-0.3, -0.25) is 0 Å². The average Bonchev–Trinajstić information content (AvgIpc) is 2.46. The van der Waals surface area contributed by atoms with Crippen LogP contribution in [0.15, 0.2) is 24.3 Å². The highest BCUT2D eigenvalue weighted by Gasteiger charge is 2.07. The fourth-order valence-electron chi connectivity index (χ4n) is 1.98. The van der Waals surface area contributed by atoms with E-state index in [1.54, 1.807) is 0 Å². The predicted molar refractivity (Wildman–Crippen MR) is 83.7 cm³/mol. The minimum absolute atomic E-state index is 0.273. The van der Waals surface area contributed by atoms with E-state index >= 15 is 0 Å². The van der Waals surface area contributed by atoms with Crippen LogP contribution in [0.5, 0.6) is 0 Å². The molecule has 122 valence electrons. The Bertz CT molecular complexity index is 454. The fraction of sp³-hybridized carbons (Fsp3) is 0.467. The number of carbonyl (C=O) groups is 2. The Labute approximate surface area is 130 Å². The van der Waals surface area contributed by atoms with Gasteiger partial charge in [0.1, 0.15) is 0 Å². The summed E-state index contributed by atoms with van der Waals surface area (Å²) >= 11 is 0. The monoisotopic (exact) mass is 309 g/mol. The minimum Gasteiger partial charge on any atom is -0.450 e. The maximum atomic E-state index is 10.6. The van der Waals surface area contributed by atoms with Gasteiger partial charge in [-0.05, 0) is 31.9 Å². The molecule has 0 spiro atoms. The molecule has 0 aromatic heterocycles. The Morgan fingerprint density at radius 3 is 1.82 bits per heavy atom. The number of anilines is 1. The maximum absolute atomic E-state index is 10.6. The van der Waals surface area contributed by atoms with Gasteiger partial charge in [-0.2, -0.15) is 0 Å². The van der Waals surface area contributed by atoms with Gasteiger partial charge in [-0.25, -0.2) is 9.59 Å². The van der Waals surface area contributed by atoms with Crippen LogP contribution in [0.3, 0.4) is 0 Å². The highest BCUT2D eigenvalue weighted by molar-refractivity contribution is 5.64. The van der Waals surface area contributed by atoms with E-state index in [0.717, 1.165) is 5.69 Å². The summed E-state index contributed by atoms with van der Waals surface area (Å²) in [5.41, 5.74) is 12.1. The third-order valence-corrected chi connectivity index (χ3v) is 3.03.